The van der Waals surface area contributed by atoms with Crippen LogP contribution in [0, 0.1) is 5.41 Å². The van der Waals surface area contributed by atoms with Crippen molar-refractivity contribution in [1.82, 2.24) is 9.88 Å². The zero-order chi connectivity index (χ0) is 27.2. The maximum atomic E-state index is 11.4. The lowest BCUT2D eigenvalue weighted by Crippen LogP contribution is -2.45. The zero-order valence-electron chi connectivity index (χ0n) is 19.3. The number of aromatic nitrogens is 2. The standard InChI is InChI=1S/C15H30N3O.C2F6NO4S2/c1-6-7-8-18-10-9-17(5)14(18)11-16-13(12-19)15(2,3)4;3-1(4,5)14(10,11)9-15(12,13)2(6,7)8/h9-10,13,16,19H,6-8,11-12H2,1-5H3;/q+1;-1/t13-;/m1./s1. The number of imidazole rings is 1. The third kappa shape index (κ3) is 9.67. The number of hydrogen-bond acceptors (Lipinski definition) is 6. The Labute approximate surface area is 195 Å². The SMILES string of the molecule is CCCCn1cc[n+](C)c1CN[C@H](CO)C(C)(C)C.O=S(=O)([N-]S(=O)(=O)C(F)(F)F)C(F)(F)F. The van der Waals surface area contributed by atoms with Crippen LogP contribution in [0.5, 0.6) is 0 Å². The number of alkyl halides is 6. The fraction of sp³-hybridized carbons (Fsp3) is 0.824. The minimum atomic E-state index is -6.72. The molecule has 0 saturated heterocycles. The van der Waals surface area contributed by atoms with E-state index in [1.807, 2.05) is 0 Å². The van der Waals surface area contributed by atoms with Crippen molar-refractivity contribution in [2.24, 2.45) is 12.5 Å². The summed E-state index contributed by atoms with van der Waals surface area (Å²) >= 11 is 0. The molecule has 0 aliphatic heterocycles. The van der Waals surface area contributed by atoms with Crippen molar-refractivity contribution in [3.05, 3.63) is 22.3 Å². The van der Waals surface area contributed by atoms with E-state index in [1.54, 1.807) is 0 Å². The van der Waals surface area contributed by atoms with Crippen LogP contribution >= 0.6 is 0 Å². The molecule has 1 aromatic rings. The Morgan fingerprint density at radius 3 is 1.88 bits per heavy atom. The first-order chi connectivity index (χ1) is 15.1. The van der Waals surface area contributed by atoms with Crippen LogP contribution in [-0.4, -0.2) is 50.2 Å². The van der Waals surface area contributed by atoms with Gasteiger partial charge in [-0.25, -0.2) is 26.0 Å². The van der Waals surface area contributed by atoms with Gasteiger partial charge in [0.15, 0.2) is 20.0 Å². The molecule has 1 heterocycles. The van der Waals surface area contributed by atoms with Crippen molar-refractivity contribution in [2.75, 3.05) is 6.61 Å². The summed E-state index contributed by atoms with van der Waals surface area (Å²) in [5, 5.41) is 13.0. The van der Waals surface area contributed by atoms with Gasteiger partial charge in [-0.2, -0.15) is 26.3 Å². The summed E-state index contributed by atoms with van der Waals surface area (Å²) in [7, 11) is -11.4. The highest BCUT2D eigenvalue weighted by Crippen LogP contribution is 2.36. The van der Waals surface area contributed by atoms with E-state index in [1.165, 1.54) is 18.7 Å². The molecule has 0 fully saturated rings. The number of nitrogens with one attached hydrogen (secondary N) is 1. The molecule has 9 nitrogen and oxygen atoms in total. The van der Waals surface area contributed by atoms with Crippen LogP contribution < -0.4 is 9.88 Å². The predicted molar refractivity (Wildman–Crippen MR) is 111 cm³/mol. The van der Waals surface area contributed by atoms with Crippen LogP contribution in [0.25, 0.3) is 4.13 Å². The molecule has 0 amide bonds. The second-order valence-electron chi connectivity index (χ2n) is 8.27. The van der Waals surface area contributed by atoms with Crippen molar-refractivity contribution in [3.63, 3.8) is 0 Å². The number of hydrogen-bond donors (Lipinski definition) is 2. The molecule has 1 aromatic heterocycles. The third-order valence-electron chi connectivity index (χ3n) is 4.48. The number of nitrogens with zero attached hydrogens (tertiary/aromatic N) is 3. The average Bonchev–Trinajstić information content (AvgIpc) is 2.97. The van der Waals surface area contributed by atoms with E-state index in [0.29, 0.717) is 0 Å². The fourth-order valence-electron chi connectivity index (χ4n) is 2.39. The van der Waals surface area contributed by atoms with Gasteiger partial charge in [-0.1, -0.05) is 34.1 Å². The average molecular weight is 549 g/mol. The minimum Gasteiger partial charge on any atom is -0.421 e. The lowest BCUT2D eigenvalue weighted by Gasteiger charge is -2.29. The molecule has 0 aromatic carbocycles. The fourth-order valence-corrected chi connectivity index (χ4v) is 4.10. The van der Waals surface area contributed by atoms with Crippen LogP contribution in [0.15, 0.2) is 12.4 Å². The molecule has 1 rings (SSSR count). The van der Waals surface area contributed by atoms with Gasteiger partial charge in [0, 0.05) is 6.04 Å². The van der Waals surface area contributed by atoms with E-state index >= 15 is 0 Å². The molecule has 202 valence electrons. The van der Waals surface area contributed by atoms with Gasteiger partial charge in [0.1, 0.15) is 12.4 Å². The predicted octanol–water partition coefficient (Wildman–Crippen LogP) is 2.67. The molecular weight excluding hydrogens is 518 g/mol. The van der Waals surface area contributed by atoms with E-state index < -0.39 is 31.1 Å². The molecule has 0 unspecified atom stereocenters. The van der Waals surface area contributed by atoms with Crippen LogP contribution in [0.2, 0.25) is 0 Å². The Kier molecular flexibility index (Phi) is 11.5. The van der Waals surface area contributed by atoms with Gasteiger partial charge in [0.25, 0.3) is 5.82 Å². The summed E-state index contributed by atoms with van der Waals surface area (Å²) in [6.45, 7) is 10.7. The number of sulfonamides is 2. The quantitative estimate of drug-likeness (QED) is 0.361. The van der Waals surface area contributed by atoms with Crippen LogP contribution in [0.1, 0.15) is 46.4 Å². The number of aliphatic hydroxyl groups excluding tert-OH is 1. The highest BCUT2D eigenvalue weighted by atomic mass is 32.3. The number of halogens is 6. The van der Waals surface area contributed by atoms with Gasteiger partial charge in [-0.05, 0) is 11.8 Å². The van der Waals surface area contributed by atoms with Crippen molar-refractivity contribution in [2.45, 2.75) is 70.7 Å². The number of rotatable bonds is 9. The van der Waals surface area contributed by atoms with Gasteiger partial charge >= 0.3 is 11.0 Å². The Morgan fingerprint density at radius 1 is 1.06 bits per heavy atom. The summed E-state index contributed by atoms with van der Waals surface area (Å²) in [5.41, 5.74) is -12.3. The first kappa shape index (κ1) is 32.6. The van der Waals surface area contributed by atoms with E-state index in [4.69, 9.17) is 0 Å². The minimum absolute atomic E-state index is 0.0637. The highest BCUT2D eigenvalue weighted by Gasteiger charge is 2.46. The van der Waals surface area contributed by atoms with E-state index in [0.717, 1.165) is 17.2 Å². The summed E-state index contributed by atoms with van der Waals surface area (Å²) in [6, 6.07) is 0.113. The molecule has 0 radical (unpaired) electrons. The van der Waals surface area contributed by atoms with Gasteiger partial charge in [0.05, 0.1) is 26.7 Å². The highest BCUT2D eigenvalue weighted by molar-refractivity contribution is 8.13. The van der Waals surface area contributed by atoms with Crippen molar-refractivity contribution < 1.29 is 52.9 Å². The molecule has 0 saturated carbocycles. The van der Waals surface area contributed by atoms with Gasteiger partial charge in [-0.15, -0.1) is 0 Å². The number of aliphatic hydroxyl groups is 1. The summed E-state index contributed by atoms with van der Waals surface area (Å²) < 4.78 is 114. The Balaban J connectivity index is 0.000000661. The Morgan fingerprint density at radius 2 is 1.53 bits per heavy atom. The third-order valence-corrected chi connectivity index (χ3v) is 7.22. The molecule has 0 aliphatic carbocycles. The monoisotopic (exact) mass is 548 g/mol. The Bertz CT molecular complexity index is 942. The van der Waals surface area contributed by atoms with E-state index in [-0.39, 0.29) is 18.1 Å². The zero-order valence-corrected chi connectivity index (χ0v) is 20.9. The first-order valence-electron chi connectivity index (χ1n) is 9.85. The smallest absolute Gasteiger partial charge is 0.421 e. The maximum absolute atomic E-state index is 11.4. The molecule has 0 aliphatic rings. The summed E-state index contributed by atoms with van der Waals surface area (Å²) in [6.07, 6.45) is 6.63. The first-order valence-corrected chi connectivity index (χ1v) is 12.7. The van der Waals surface area contributed by atoms with Crippen LogP contribution in [0.4, 0.5) is 26.3 Å². The van der Waals surface area contributed by atoms with Crippen molar-refractivity contribution >= 4 is 20.0 Å². The van der Waals surface area contributed by atoms with Gasteiger partial charge in [0.2, 0.25) is 0 Å². The largest absolute Gasteiger partial charge is 0.480 e. The van der Waals surface area contributed by atoms with Gasteiger partial charge in [-0.3, -0.25) is 0 Å². The second-order valence-corrected chi connectivity index (χ2v) is 11.7. The number of unbranched alkanes of at least 4 members (excludes halogenated alkanes) is 1. The topological polar surface area (TPSA) is 123 Å². The molecule has 0 spiro atoms. The van der Waals surface area contributed by atoms with Gasteiger partial charge < -0.3 is 14.6 Å². The molecular formula is C17H30F6N4O5S2. The van der Waals surface area contributed by atoms with Crippen LogP contribution in [-0.2, 0) is 40.2 Å². The van der Waals surface area contributed by atoms with Crippen LogP contribution in [0.3, 0.4) is 0 Å². The molecule has 1 atom stereocenters. The molecule has 34 heavy (non-hydrogen) atoms. The van der Waals surface area contributed by atoms with Crippen molar-refractivity contribution in [1.29, 1.82) is 0 Å². The molecule has 2 N–H and O–H groups in total. The maximum Gasteiger partial charge on any atom is 0.480 e. The molecule has 17 heteroatoms. The van der Waals surface area contributed by atoms with E-state index in [9.17, 15) is 48.3 Å². The normalized spacial score (nSPS) is 14.5. The lowest BCUT2D eigenvalue weighted by atomic mass is 9.87. The summed E-state index contributed by atoms with van der Waals surface area (Å²) in [4.78, 5) is 0. The molecule has 0 bridgehead atoms. The Hall–Kier alpha value is -1.43. The number of aryl methyl sites for hydroxylation is 2. The van der Waals surface area contributed by atoms with E-state index in [2.05, 4.69) is 61.6 Å². The van der Waals surface area contributed by atoms with Crippen molar-refractivity contribution in [3.8, 4) is 0 Å². The lowest BCUT2D eigenvalue weighted by molar-refractivity contribution is -0.679. The second kappa shape index (κ2) is 12.0. The summed E-state index contributed by atoms with van der Waals surface area (Å²) in [5.74, 6) is 1.26.